The number of aryl methyl sites for hydroxylation is 2. The second-order valence-electron chi connectivity index (χ2n) is 12.1. The molecule has 0 bridgehead atoms. The number of fused-ring (bicyclic) bond motifs is 7. The summed E-state index contributed by atoms with van der Waals surface area (Å²) in [5.41, 5.74) is 2.90. The Morgan fingerprint density at radius 3 is 2.34 bits per heavy atom. The summed E-state index contributed by atoms with van der Waals surface area (Å²) in [5.74, 6) is -0.374. The van der Waals surface area contributed by atoms with Crippen molar-refractivity contribution in [1.29, 1.82) is 0 Å². The Morgan fingerprint density at radius 2 is 1.66 bits per heavy atom. The average Bonchev–Trinajstić information content (AvgIpc) is 2.74. The van der Waals surface area contributed by atoms with Crippen LogP contribution in [-0.4, -0.2) is 21.3 Å². The van der Waals surface area contributed by atoms with E-state index in [0.717, 1.165) is 61.3 Å². The van der Waals surface area contributed by atoms with Gasteiger partial charge in [0.05, 0.1) is 5.41 Å². The first kappa shape index (κ1) is 21.6. The number of hydrogen-bond donors (Lipinski definition) is 3. The Bertz CT molecular complexity index is 1150. The third-order valence-corrected chi connectivity index (χ3v) is 10.6. The number of aromatic hydroxyl groups is 2. The smallest absolute Gasteiger partial charge is 0.309 e. The number of carboxylic acids is 1. The highest BCUT2D eigenvalue weighted by Crippen LogP contribution is 2.70. The molecule has 5 unspecified atom stereocenters. The van der Waals surface area contributed by atoms with Crippen LogP contribution >= 0.6 is 0 Å². The molecular weight excluding hydrogens is 400 g/mol. The van der Waals surface area contributed by atoms with Crippen molar-refractivity contribution in [3.8, 4) is 11.5 Å². The maximum absolute atomic E-state index is 12.2. The Kier molecular flexibility index (Phi) is 4.34. The Hall–Kier alpha value is -2.23. The van der Waals surface area contributed by atoms with Crippen molar-refractivity contribution in [2.45, 2.75) is 85.0 Å². The highest BCUT2D eigenvalue weighted by molar-refractivity contribution is 5.93. The van der Waals surface area contributed by atoms with Gasteiger partial charge in [-0.3, -0.25) is 4.79 Å². The van der Waals surface area contributed by atoms with E-state index in [1.54, 1.807) is 6.07 Å². The van der Waals surface area contributed by atoms with E-state index in [4.69, 9.17) is 0 Å². The van der Waals surface area contributed by atoms with Gasteiger partial charge in [-0.2, -0.15) is 0 Å². The van der Waals surface area contributed by atoms with E-state index >= 15 is 0 Å². The Labute approximate surface area is 190 Å². The SMILES string of the molecule is Cc1c(O)c(O)cc2c3c(ccc12)C1(C)CCC2(C)CCC(C)(C(=O)O)CC2C1(C)CC3. The van der Waals surface area contributed by atoms with Crippen LogP contribution in [0.4, 0.5) is 0 Å². The molecule has 0 radical (unpaired) electrons. The summed E-state index contributed by atoms with van der Waals surface area (Å²) in [6, 6.07) is 6.09. The fraction of sp³-hybridized carbons (Fsp3) is 0.607. The van der Waals surface area contributed by atoms with Gasteiger partial charge in [0.1, 0.15) is 0 Å². The molecule has 2 fully saturated rings. The minimum atomic E-state index is -0.650. The molecule has 172 valence electrons. The summed E-state index contributed by atoms with van der Waals surface area (Å²) in [6.07, 6.45) is 6.67. The van der Waals surface area contributed by atoms with Crippen LogP contribution in [0.25, 0.3) is 10.8 Å². The summed E-state index contributed by atoms with van der Waals surface area (Å²) in [4.78, 5) is 12.2. The predicted octanol–water partition coefficient (Wildman–Crippen LogP) is 6.46. The third kappa shape index (κ3) is 2.53. The average molecular weight is 437 g/mol. The first-order valence-corrected chi connectivity index (χ1v) is 12.1. The summed E-state index contributed by atoms with van der Waals surface area (Å²) in [7, 11) is 0. The second kappa shape index (κ2) is 6.42. The molecule has 0 spiro atoms. The number of aliphatic carboxylic acids is 1. The minimum absolute atomic E-state index is 0.0197. The van der Waals surface area contributed by atoms with Crippen LogP contribution in [0.15, 0.2) is 18.2 Å². The van der Waals surface area contributed by atoms with E-state index in [1.807, 2.05) is 13.8 Å². The second-order valence-corrected chi connectivity index (χ2v) is 12.1. The molecule has 5 rings (SSSR count). The van der Waals surface area contributed by atoms with Crippen molar-refractivity contribution in [2.75, 3.05) is 0 Å². The maximum Gasteiger partial charge on any atom is 0.309 e. The third-order valence-electron chi connectivity index (χ3n) is 10.6. The van der Waals surface area contributed by atoms with Gasteiger partial charge in [-0.15, -0.1) is 0 Å². The zero-order chi connectivity index (χ0) is 23.3. The first-order valence-electron chi connectivity index (χ1n) is 12.1. The van der Waals surface area contributed by atoms with E-state index < -0.39 is 11.4 Å². The number of phenols is 2. The Morgan fingerprint density at radius 1 is 0.969 bits per heavy atom. The molecule has 4 heteroatoms. The van der Waals surface area contributed by atoms with Gasteiger partial charge in [-0.05, 0) is 109 Å². The minimum Gasteiger partial charge on any atom is -0.504 e. The monoisotopic (exact) mass is 436 g/mol. The highest BCUT2D eigenvalue weighted by Gasteiger charge is 2.64. The van der Waals surface area contributed by atoms with Gasteiger partial charge in [-0.1, -0.05) is 32.9 Å². The molecule has 0 heterocycles. The van der Waals surface area contributed by atoms with Crippen molar-refractivity contribution in [3.63, 3.8) is 0 Å². The number of carboxylic acid groups (broad SMARTS) is 1. The largest absolute Gasteiger partial charge is 0.504 e. The molecule has 32 heavy (non-hydrogen) atoms. The molecule has 5 atom stereocenters. The van der Waals surface area contributed by atoms with E-state index in [0.29, 0.717) is 5.92 Å². The highest BCUT2D eigenvalue weighted by atomic mass is 16.4. The zero-order valence-electron chi connectivity index (χ0n) is 20.0. The van der Waals surface area contributed by atoms with Crippen LogP contribution < -0.4 is 0 Å². The maximum atomic E-state index is 12.2. The number of phenolic OH excluding ortho intramolecular Hbond substituents is 2. The summed E-state index contributed by atoms with van der Waals surface area (Å²) >= 11 is 0. The van der Waals surface area contributed by atoms with Gasteiger partial charge in [0, 0.05) is 5.56 Å². The van der Waals surface area contributed by atoms with Crippen LogP contribution in [0.2, 0.25) is 0 Å². The fourth-order valence-corrected chi connectivity index (χ4v) is 7.97. The summed E-state index contributed by atoms with van der Waals surface area (Å²) < 4.78 is 0. The fourth-order valence-electron chi connectivity index (χ4n) is 7.97. The Balaban J connectivity index is 1.68. The van der Waals surface area contributed by atoms with Crippen LogP contribution in [0.5, 0.6) is 11.5 Å². The molecule has 0 amide bonds. The van der Waals surface area contributed by atoms with Crippen molar-refractivity contribution >= 4 is 16.7 Å². The van der Waals surface area contributed by atoms with Gasteiger partial charge in [0.25, 0.3) is 0 Å². The first-order chi connectivity index (χ1) is 14.9. The van der Waals surface area contributed by atoms with Gasteiger partial charge in [0.2, 0.25) is 0 Å². The van der Waals surface area contributed by atoms with Crippen molar-refractivity contribution < 1.29 is 20.1 Å². The summed E-state index contributed by atoms with van der Waals surface area (Å²) in [6.45, 7) is 11.0. The molecule has 0 aliphatic heterocycles. The molecular formula is C28H36O4. The lowest BCUT2D eigenvalue weighted by Crippen LogP contribution is -2.61. The predicted molar refractivity (Wildman–Crippen MR) is 126 cm³/mol. The van der Waals surface area contributed by atoms with E-state index in [-0.39, 0.29) is 27.7 Å². The molecule has 0 aromatic heterocycles. The molecule has 4 nitrogen and oxygen atoms in total. The number of hydrogen-bond acceptors (Lipinski definition) is 3. The molecule has 3 aliphatic carbocycles. The van der Waals surface area contributed by atoms with Crippen LogP contribution in [0.1, 0.15) is 82.9 Å². The van der Waals surface area contributed by atoms with Gasteiger partial charge in [0.15, 0.2) is 11.5 Å². The van der Waals surface area contributed by atoms with Crippen LogP contribution in [0, 0.1) is 29.1 Å². The summed E-state index contributed by atoms with van der Waals surface area (Å²) in [5, 5.41) is 32.7. The standard InChI is InChI=1S/C28H36O4/c1-16-17-6-7-20-18(19(17)14-21(29)23(16)30)8-9-28(5)22-15-26(3,24(31)32)11-10-25(22,2)12-13-27(20,28)4/h6-7,14,22,29-30H,8-13,15H2,1-5H3,(H,31,32). The number of rotatable bonds is 1. The van der Waals surface area contributed by atoms with Crippen LogP contribution in [-0.2, 0) is 16.6 Å². The van der Waals surface area contributed by atoms with Crippen molar-refractivity contribution in [1.82, 2.24) is 0 Å². The van der Waals surface area contributed by atoms with E-state index in [2.05, 4.69) is 32.9 Å². The number of benzene rings is 2. The van der Waals surface area contributed by atoms with Crippen LogP contribution in [0.3, 0.4) is 0 Å². The molecule has 3 N–H and O–H groups in total. The topological polar surface area (TPSA) is 77.8 Å². The lowest BCUT2D eigenvalue weighted by molar-refractivity contribution is -0.167. The van der Waals surface area contributed by atoms with Crippen molar-refractivity contribution in [2.24, 2.45) is 22.2 Å². The van der Waals surface area contributed by atoms with Gasteiger partial charge in [-0.25, -0.2) is 0 Å². The quantitative estimate of drug-likeness (QED) is 0.448. The van der Waals surface area contributed by atoms with E-state index in [1.165, 1.54) is 11.1 Å². The van der Waals surface area contributed by atoms with Gasteiger partial charge < -0.3 is 15.3 Å². The van der Waals surface area contributed by atoms with E-state index in [9.17, 15) is 20.1 Å². The molecule has 2 aromatic carbocycles. The zero-order valence-corrected chi connectivity index (χ0v) is 20.0. The van der Waals surface area contributed by atoms with Crippen molar-refractivity contribution in [3.05, 3.63) is 34.9 Å². The lowest BCUT2D eigenvalue weighted by atomic mass is 9.37. The normalized spacial score (nSPS) is 38.6. The van der Waals surface area contributed by atoms with Gasteiger partial charge >= 0.3 is 5.97 Å². The molecule has 2 saturated carbocycles. The molecule has 0 saturated heterocycles. The lowest BCUT2D eigenvalue weighted by Gasteiger charge is -2.66. The molecule has 2 aromatic rings. The number of carbonyl (C=O) groups is 1. The molecule has 3 aliphatic rings.